The monoisotopic (exact) mass is 402 g/mol. The van der Waals surface area contributed by atoms with Crippen LogP contribution < -0.4 is 5.32 Å². The summed E-state index contributed by atoms with van der Waals surface area (Å²) in [5, 5.41) is 7.34. The van der Waals surface area contributed by atoms with Crippen molar-refractivity contribution in [2.75, 3.05) is 13.1 Å². The van der Waals surface area contributed by atoms with Crippen LogP contribution in [0.15, 0.2) is 24.3 Å². The third-order valence-corrected chi connectivity index (χ3v) is 4.87. The number of halogens is 1. The Balaban J connectivity index is 1.95. The Morgan fingerprint density at radius 2 is 1.86 bits per heavy atom. The van der Waals surface area contributed by atoms with Crippen molar-refractivity contribution < 1.29 is 14.0 Å². The first-order chi connectivity index (χ1) is 13.7. The molecule has 0 atom stereocenters. The number of aryl methyl sites for hydroxylation is 1. The second-order valence-corrected chi connectivity index (χ2v) is 7.71. The van der Waals surface area contributed by atoms with Crippen LogP contribution in [0.2, 0.25) is 0 Å². The molecule has 0 saturated carbocycles. The lowest BCUT2D eigenvalue weighted by atomic mass is 10.1. The molecular weight excluding hydrogens is 371 g/mol. The molecule has 1 heterocycles. The van der Waals surface area contributed by atoms with Crippen LogP contribution in [0.1, 0.15) is 43.3 Å². The van der Waals surface area contributed by atoms with Gasteiger partial charge in [-0.1, -0.05) is 26.0 Å². The van der Waals surface area contributed by atoms with Crippen LogP contribution in [0, 0.1) is 25.6 Å². The molecule has 0 bridgehead atoms. The SMILES string of the molecule is CCN(CC(=O)NCc1ccc(F)cc1)C(=O)Cc1c(C)nn(CC(C)C)c1C. The zero-order valence-electron chi connectivity index (χ0n) is 18.0. The van der Waals surface area contributed by atoms with Gasteiger partial charge in [0.25, 0.3) is 0 Å². The second-order valence-electron chi connectivity index (χ2n) is 7.71. The Morgan fingerprint density at radius 1 is 1.21 bits per heavy atom. The standard InChI is InChI=1S/C22H31FN4O2/c1-6-26(14-21(28)24-12-18-7-9-19(23)10-8-18)22(29)11-20-16(4)25-27(17(20)5)13-15(2)3/h7-10,15H,6,11-14H2,1-5H3,(H,24,28). The van der Waals surface area contributed by atoms with E-state index in [9.17, 15) is 14.0 Å². The van der Waals surface area contributed by atoms with E-state index in [4.69, 9.17) is 0 Å². The van der Waals surface area contributed by atoms with E-state index < -0.39 is 0 Å². The van der Waals surface area contributed by atoms with Crippen LogP contribution in [0.3, 0.4) is 0 Å². The zero-order valence-corrected chi connectivity index (χ0v) is 18.0. The Kier molecular flexibility index (Phi) is 7.93. The number of carbonyl (C=O) groups excluding carboxylic acids is 2. The van der Waals surface area contributed by atoms with Gasteiger partial charge in [0.15, 0.2) is 0 Å². The van der Waals surface area contributed by atoms with Gasteiger partial charge in [-0.15, -0.1) is 0 Å². The summed E-state index contributed by atoms with van der Waals surface area (Å²) in [4.78, 5) is 26.6. The smallest absolute Gasteiger partial charge is 0.239 e. The minimum absolute atomic E-state index is 0.00520. The minimum atomic E-state index is -0.315. The lowest BCUT2D eigenvalue weighted by molar-refractivity contribution is -0.135. The van der Waals surface area contributed by atoms with Crippen molar-refractivity contribution in [1.82, 2.24) is 20.0 Å². The summed E-state index contributed by atoms with van der Waals surface area (Å²) in [6.45, 7) is 11.6. The molecule has 2 amide bonds. The molecule has 2 aromatic rings. The maximum Gasteiger partial charge on any atom is 0.239 e. The van der Waals surface area contributed by atoms with Crippen molar-refractivity contribution in [2.45, 2.75) is 54.1 Å². The third-order valence-electron chi connectivity index (χ3n) is 4.87. The summed E-state index contributed by atoms with van der Waals surface area (Å²) in [6, 6.07) is 5.96. The van der Waals surface area contributed by atoms with Gasteiger partial charge in [0, 0.05) is 30.9 Å². The maximum atomic E-state index is 13.0. The molecule has 158 valence electrons. The maximum absolute atomic E-state index is 13.0. The van der Waals surface area contributed by atoms with Crippen molar-refractivity contribution in [3.8, 4) is 0 Å². The molecule has 1 N–H and O–H groups in total. The Hall–Kier alpha value is -2.70. The number of likely N-dealkylation sites (N-methyl/N-ethyl adjacent to an activating group) is 1. The number of aromatic nitrogens is 2. The van der Waals surface area contributed by atoms with Gasteiger partial charge in [0.1, 0.15) is 5.82 Å². The van der Waals surface area contributed by atoms with E-state index in [0.29, 0.717) is 19.0 Å². The van der Waals surface area contributed by atoms with Gasteiger partial charge in [-0.2, -0.15) is 5.10 Å². The summed E-state index contributed by atoms with van der Waals surface area (Å²) >= 11 is 0. The fourth-order valence-corrected chi connectivity index (χ4v) is 3.18. The number of carbonyl (C=O) groups is 2. The van der Waals surface area contributed by atoms with Crippen LogP contribution in [0.5, 0.6) is 0 Å². The molecule has 0 aliphatic rings. The summed E-state index contributed by atoms with van der Waals surface area (Å²) < 4.78 is 14.9. The average molecular weight is 403 g/mol. The summed E-state index contributed by atoms with van der Waals surface area (Å²) in [7, 11) is 0. The highest BCUT2D eigenvalue weighted by atomic mass is 19.1. The van der Waals surface area contributed by atoms with E-state index in [1.54, 1.807) is 17.0 Å². The highest BCUT2D eigenvalue weighted by molar-refractivity contribution is 5.86. The van der Waals surface area contributed by atoms with E-state index >= 15 is 0 Å². The Labute approximate surface area is 172 Å². The number of hydrogen-bond donors (Lipinski definition) is 1. The molecule has 6 nitrogen and oxygen atoms in total. The predicted octanol–water partition coefficient (Wildman–Crippen LogP) is 3.00. The van der Waals surface area contributed by atoms with Gasteiger partial charge in [-0.3, -0.25) is 14.3 Å². The molecule has 0 aliphatic carbocycles. The van der Waals surface area contributed by atoms with Gasteiger partial charge in [-0.05, 0) is 44.4 Å². The van der Waals surface area contributed by atoms with Gasteiger partial charge >= 0.3 is 0 Å². The normalized spacial score (nSPS) is 11.0. The first-order valence-electron chi connectivity index (χ1n) is 10.0. The molecule has 0 radical (unpaired) electrons. The number of hydrogen-bond acceptors (Lipinski definition) is 3. The van der Waals surface area contributed by atoms with Crippen LogP contribution >= 0.6 is 0 Å². The van der Waals surface area contributed by atoms with Gasteiger partial charge < -0.3 is 10.2 Å². The fraction of sp³-hybridized carbons (Fsp3) is 0.500. The number of nitrogens with zero attached hydrogens (tertiary/aromatic N) is 3. The molecule has 2 rings (SSSR count). The van der Waals surface area contributed by atoms with Crippen LogP contribution in [-0.2, 0) is 29.1 Å². The molecule has 7 heteroatoms. The highest BCUT2D eigenvalue weighted by Gasteiger charge is 2.20. The summed E-state index contributed by atoms with van der Waals surface area (Å²) in [6.07, 6.45) is 0.231. The van der Waals surface area contributed by atoms with Crippen molar-refractivity contribution in [2.24, 2.45) is 5.92 Å². The molecular formula is C22H31FN4O2. The largest absolute Gasteiger partial charge is 0.350 e. The summed E-state index contributed by atoms with van der Waals surface area (Å²) in [5.41, 5.74) is 3.59. The fourth-order valence-electron chi connectivity index (χ4n) is 3.18. The minimum Gasteiger partial charge on any atom is -0.350 e. The highest BCUT2D eigenvalue weighted by Crippen LogP contribution is 2.16. The van der Waals surface area contributed by atoms with Crippen molar-refractivity contribution in [3.63, 3.8) is 0 Å². The summed E-state index contributed by atoms with van der Waals surface area (Å²) in [5.74, 6) is -0.188. The van der Waals surface area contributed by atoms with Crippen LogP contribution in [0.25, 0.3) is 0 Å². The van der Waals surface area contributed by atoms with Crippen molar-refractivity contribution in [3.05, 3.63) is 52.6 Å². The molecule has 0 saturated heterocycles. The molecule has 1 aromatic heterocycles. The lowest BCUT2D eigenvalue weighted by Gasteiger charge is -2.20. The zero-order chi connectivity index (χ0) is 21.6. The number of rotatable bonds is 9. The molecule has 0 aliphatic heterocycles. The van der Waals surface area contributed by atoms with Gasteiger partial charge in [0.05, 0.1) is 18.7 Å². The topological polar surface area (TPSA) is 67.2 Å². The molecule has 0 unspecified atom stereocenters. The van der Waals surface area contributed by atoms with Crippen molar-refractivity contribution >= 4 is 11.8 Å². The first-order valence-corrected chi connectivity index (χ1v) is 10.0. The van der Waals surface area contributed by atoms with Crippen LogP contribution in [0.4, 0.5) is 4.39 Å². The van der Waals surface area contributed by atoms with E-state index in [-0.39, 0.29) is 30.6 Å². The third kappa shape index (κ3) is 6.41. The molecule has 0 fully saturated rings. The average Bonchev–Trinajstić information content (AvgIpc) is 2.92. The molecule has 1 aromatic carbocycles. The lowest BCUT2D eigenvalue weighted by Crippen LogP contribution is -2.41. The van der Waals surface area contributed by atoms with E-state index in [1.807, 2.05) is 25.5 Å². The Morgan fingerprint density at radius 3 is 2.45 bits per heavy atom. The number of benzene rings is 1. The van der Waals surface area contributed by atoms with E-state index in [1.165, 1.54) is 12.1 Å². The van der Waals surface area contributed by atoms with Gasteiger partial charge in [-0.25, -0.2) is 4.39 Å². The van der Waals surface area contributed by atoms with E-state index in [2.05, 4.69) is 24.3 Å². The second kappa shape index (κ2) is 10.2. The predicted molar refractivity (Wildman–Crippen MR) is 111 cm³/mol. The van der Waals surface area contributed by atoms with E-state index in [0.717, 1.165) is 29.1 Å². The quantitative estimate of drug-likeness (QED) is 0.701. The van der Waals surface area contributed by atoms with Crippen LogP contribution in [-0.4, -0.2) is 39.6 Å². The number of nitrogens with one attached hydrogen (secondary N) is 1. The molecule has 29 heavy (non-hydrogen) atoms. The molecule has 0 spiro atoms. The first kappa shape index (κ1) is 22.6. The van der Waals surface area contributed by atoms with Gasteiger partial charge in [0.2, 0.25) is 11.8 Å². The number of amides is 2. The Bertz CT molecular complexity index is 843. The van der Waals surface area contributed by atoms with Crippen molar-refractivity contribution in [1.29, 1.82) is 0 Å².